The van der Waals surface area contributed by atoms with Crippen molar-refractivity contribution in [3.63, 3.8) is 0 Å². The normalized spacial score (nSPS) is 31.0. The summed E-state index contributed by atoms with van der Waals surface area (Å²) in [5, 5.41) is 3.79. The molecule has 6 bridgehead atoms. The van der Waals surface area contributed by atoms with E-state index in [4.69, 9.17) is 72.3 Å². The number of hydrogen-bond acceptors (Lipinski definition) is 21. The van der Waals surface area contributed by atoms with Crippen molar-refractivity contribution >= 4 is 57.2 Å². The van der Waals surface area contributed by atoms with Gasteiger partial charge in [0, 0.05) is 28.8 Å². The Labute approximate surface area is 771 Å². The van der Waals surface area contributed by atoms with Crippen LogP contribution in [0.5, 0.6) is 17.2 Å². The Morgan fingerprint density at radius 1 is 0.454 bits per heavy atom. The monoisotopic (exact) mass is 1790 g/mol. The summed E-state index contributed by atoms with van der Waals surface area (Å²) in [6, 6.07) is 21.3. The van der Waals surface area contributed by atoms with Crippen LogP contribution in [0.2, 0.25) is 19.0 Å². The Kier molecular flexibility index (Phi) is 26.4. The van der Waals surface area contributed by atoms with Crippen molar-refractivity contribution in [3.05, 3.63) is 133 Å². The first kappa shape index (κ1) is 95.3. The van der Waals surface area contributed by atoms with Gasteiger partial charge in [0.25, 0.3) is 0 Å². The number of amides is 3. The molecule has 6 heterocycles. The number of benzene rings is 4. The first-order valence-corrected chi connectivity index (χ1v) is 48.5. The predicted octanol–water partition coefficient (Wildman–Crippen LogP) is 17.8. The van der Waals surface area contributed by atoms with Crippen LogP contribution in [0.15, 0.2) is 71.8 Å². The Hall–Kier alpha value is -7.88. The van der Waals surface area contributed by atoms with Gasteiger partial charge in [0.1, 0.15) is 75.7 Å². The average molecular weight is 1790 g/mol. The number of esters is 3. The molecular weight excluding hydrogens is 1650 g/mol. The summed E-state index contributed by atoms with van der Waals surface area (Å²) < 4.78 is 81.1. The molecular formula is C101H142B3N7O19. The highest BCUT2D eigenvalue weighted by molar-refractivity contribution is 6.46. The molecule has 0 aromatic heterocycles. The van der Waals surface area contributed by atoms with E-state index in [0.29, 0.717) is 151 Å². The van der Waals surface area contributed by atoms with Crippen molar-refractivity contribution in [3.8, 4) is 17.2 Å². The number of likely N-dealkylation sites (tertiary alicyclic amines) is 3. The van der Waals surface area contributed by atoms with Crippen LogP contribution in [-0.2, 0) is 82.3 Å². The summed E-state index contributed by atoms with van der Waals surface area (Å²) in [7, 11) is -0.771. The van der Waals surface area contributed by atoms with Gasteiger partial charge in [-0.15, -0.1) is 0 Å². The molecule has 17 fully saturated rings. The van der Waals surface area contributed by atoms with Gasteiger partial charge in [0.05, 0.1) is 74.4 Å². The van der Waals surface area contributed by atoms with E-state index in [-0.39, 0.29) is 123 Å². The third kappa shape index (κ3) is 19.2. The lowest BCUT2D eigenvalue weighted by molar-refractivity contribution is -0.199. The number of nitrogens with zero attached hydrogens (tertiary/aromatic N) is 6. The second-order valence-electron chi connectivity index (χ2n) is 45.8. The van der Waals surface area contributed by atoms with E-state index in [1.54, 1.807) is 9.80 Å². The van der Waals surface area contributed by atoms with Gasteiger partial charge in [-0.05, 0) is 334 Å². The molecule has 4 aromatic carbocycles. The van der Waals surface area contributed by atoms with Crippen LogP contribution < -0.4 is 19.9 Å². The smallest absolute Gasteiger partial charge is 0.457 e. The fraction of sp³-hybridized carbons (Fsp3) is 0.703. The Balaban J connectivity index is 0.000000143. The van der Waals surface area contributed by atoms with Gasteiger partial charge in [-0.3, -0.25) is 9.59 Å². The molecule has 3 amide bonds. The number of rotatable bonds is 23. The van der Waals surface area contributed by atoms with Crippen molar-refractivity contribution in [2.24, 2.45) is 74.4 Å². The van der Waals surface area contributed by atoms with Crippen LogP contribution in [0.25, 0.3) is 10.4 Å². The van der Waals surface area contributed by atoms with Crippen LogP contribution in [-0.4, -0.2) is 193 Å². The number of aryl methyl sites for hydroxylation is 3. The summed E-state index contributed by atoms with van der Waals surface area (Å²) in [6.45, 7) is 46.5. The summed E-state index contributed by atoms with van der Waals surface area (Å²) in [5.74, 6) is 4.13. The predicted molar refractivity (Wildman–Crippen MR) is 495 cm³/mol. The maximum Gasteiger partial charge on any atom is 0.457 e. The second kappa shape index (κ2) is 36.1. The standard InChI is InChI=1S/C35H46BNO7.C33H47BN4O6.C33H49BN2O6/c1-22-24(15-16-36-43-29-18-25-17-28(34(25,5)6)35(29,7)44-36)13-14-27(30(22)31(38)42-33(2,3)4)41-26-19-37(20-26)32(39)40-21-23-11-9-8-10-12-23;1-19-20(12-13-34-43-27-16-22-15-26(32(22,5)6)33(27,7)44-34)9-11-25(28(19)30(40)42-31(2,3)4)41-24-17-38(18-24)29(39)21-8-10-23(14-21)36-37-35;1-19-20(12-13-34-41-27-16-22-15-26(32(22,5)6)33(27,7)42-34)9-11-25(28(19)30(38)40-31(2,3)4)39-24-17-36(18-24)29(37)21-8-10-23(35)14-21/h8-14,25-26,28-29H,15-21H2,1-7H3;9,11,21-24,26-27H,8,10,12-18H2,1-7H3;9,11,21-24,26-27H,8,10,12-18,35H2,1-7H3/t25-,28-,29+,35-;2*21-,22-,23+,26-,27+,33-/m000/s1. The number of nitrogens with two attached hydrogens (primary N) is 1. The van der Waals surface area contributed by atoms with Crippen LogP contribution >= 0.6 is 0 Å². The topological polar surface area (TPSA) is 307 Å². The van der Waals surface area contributed by atoms with E-state index in [2.05, 4.69) is 72.3 Å². The first-order valence-electron chi connectivity index (χ1n) is 48.5. The fourth-order valence-corrected chi connectivity index (χ4v) is 24.6. The third-order valence-electron chi connectivity index (χ3n) is 32.7. The summed E-state index contributed by atoms with van der Waals surface area (Å²) in [5.41, 5.74) is 20.9. The lowest BCUT2D eigenvalue weighted by Gasteiger charge is -2.64. The minimum absolute atomic E-state index is 0.0244. The van der Waals surface area contributed by atoms with Crippen LogP contribution in [0.4, 0.5) is 4.79 Å². The maximum absolute atomic E-state index is 13.5. The van der Waals surface area contributed by atoms with E-state index >= 15 is 0 Å². The average Bonchev–Trinajstić information content (AvgIpc) is 1.43. The number of carbonyl (C=O) groups is 6. The summed E-state index contributed by atoms with van der Waals surface area (Å²) >= 11 is 0. The molecule has 2 N–H and O–H groups in total. The number of hydrogen-bond donors (Lipinski definition) is 1. The summed E-state index contributed by atoms with van der Waals surface area (Å²) in [6.07, 6.45) is 15.3. The molecule has 4 aromatic rings. The number of carbonyl (C=O) groups excluding carboxylic acids is 6. The van der Waals surface area contributed by atoms with Gasteiger partial charge in [-0.2, -0.15) is 0 Å². The lowest BCUT2D eigenvalue weighted by atomic mass is 9.43. The molecule has 0 radical (unpaired) electrons. The highest BCUT2D eigenvalue weighted by Crippen LogP contribution is 2.69. The molecule has 26 nitrogen and oxygen atoms in total. The van der Waals surface area contributed by atoms with Gasteiger partial charge < -0.3 is 81.5 Å². The van der Waals surface area contributed by atoms with Gasteiger partial charge in [0.2, 0.25) is 11.8 Å². The minimum Gasteiger partial charge on any atom is -0.486 e. The fourth-order valence-electron chi connectivity index (χ4n) is 24.6. The Morgan fingerprint density at radius 2 is 0.792 bits per heavy atom. The van der Waals surface area contributed by atoms with Gasteiger partial charge >= 0.3 is 45.4 Å². The molecule has 11 aliphatic carbocycles. The van der Waals surface area contributed by atoms with Crippen molar-refractivity contribution in [1.82, 2.24) is 14.7 Å². The van der Waals surface area contributed by atoms with Crippen molar-refractivity contribution in [2.45, 2.75) is 350 Å². The summed E-state index contributed by atoms with van der Waals surface area (Å²) in [4.78, 5) is 86.9. The van der Waals surface area contributed by atoms with E-state index in [1.807, 2.05) is 155 Å². The molecule has 0 spiro atoms. The highest BCUT2D eigenvalue weighted by atomic mass is 16.7. The molecule has 21 rings (SSSR count). The Bertz CT molecular complexity index is 4970. The highest BCUT2D eigenvalue weighted by Gasteiger charge is 2.71. The molecule has 11 saturated carbocycles. The largest absolute Gasteiger partial charge is 0.486 e. The van der Waals surface area contributed by atoms with Gasteiger partial charge in [-0.25, -0.2) is 19.2 Å². The van der Waals surface area contributed by atoms with E-state index < -0.39 is 34.7 Å². The number of azide groups is 1. The van der Waals surface area contributed by atoms with Crippen molar-refractivity contribution in [1.29, 1.82) is 0 Å². The van der Waals surface area contributed by atoms with Crippen LogP contribution in [0.1, 0.15) is 272 Å². The molecule has 29 heteroatoms. The van der Waals surface area contributed by atoms with Crippen LogP contribution in [0, 0.1) is 84.4 Å². The SMILES string of the molecule is Cc1c(CCB2O[C@@H]3C[C@@H]4C[C@@H](C4(C)C)[C@]3(C)O2)ccc(OC2CN(C(=O)OCc3ccccc3)C2)c1C(=O)OC(C)(C)C.Cc1c(CCB2O[C@@H]3C[C@@H]4C[C@@H](C4(C)C)[C@]3(C)O2)ccc(OC2CN(C(=O)[C@H]3CC[C@@H](N)C3)C2)c1C(=O)OC(C)(C)C.Cc1c(CCB2O[C@@H]3C[C@@H]4C[C@@H](C4(C)C)[C@]3(C)O2)ccc(OC2CN(C(=O)[C@H]3CC[C@@H](N=[N+]=[N-])C3)C2)c1C(=O)OC(C)(C)C. The van der Waals surface area contributed by atoms with E-state index in [1.165, 1.54) is 19.3 Å². The second-order valence-corrected chi connectivity index (χ2v) is 45.8. The third-order valence-corrected chi connectivity index (χ3v) is 32.7. The number of ether oxygens (including phenoxy) is 7. The quantitative estimate of drug-likeness (QED) is 0.0180. The first-order chi connectivity index (χ1) is 61.1. The van der Waals surface area contributed by atoms with Gasteiger partial charge in [-0.1, -0.05) is 95.2 Å². The van der Waals surface area contributed by atoms with Crippen molar-refractivity contribution < 1.29 is 89.9 Å². The molecule has 17 aliphatic rings. The zero-order chi connectivity index (χ0) is 93.2. The molecule has 0 unspecified atom stereocenters. The van der Waals surface area contributed by atoms with E-state index in [9.17, 15) is 28.8 Å². The maximum atomic E-state index is 13.5. The van der Waals surface area contributed by atoms with Crippen molar-refractivity contribution in [2.75, 3.05) is 39.3 Å². The Morgan fingerprint density at radius 3 is 1.12 bits per heavy atom. The van der Waals surface area contributed by atoms with Crippen LogP contribution in [0.3, 0.4) is 0 Å². The zero-order valence-corrected chi connectivity index (χ0v) is 81.0. The molecule has 6 saturated heterocycles. The molecule has 16 atom stereocenters. The van der Waals surface area contributed by atoms with E-state index in [0.717, 1.165) is 109 Å². The molecule has 6 aliphatic heterocycles. The zero-order valence-electron chi connectivity index (χ0n) is 81.0. The molecule has 130 heavy (non-hydrogen) atoms. The molecule has 704 valence electrons. The van der Waals surface area contributed by atoms with Gasteiger partial charge in [0.15, 0.2) is 0 Å². The minimum atomic E-state index is -0.656. The lowest BCUT2D eigenvalue weighted by Crippen LogP contribution is -2.65.